The third kappa shape index (κ3) is 3.21. The molecule has 84 valence electrons. The summed E-state index contributed by atoms with van der Waals surface area (Å²) < 4.78 is 6.04. The number of Topliss-reactive ketones (excluding diaryl/α,β-unsaturated/α-hetero) is 1. The molecule has 0 aliphatic heterocycles. The van der Waals surface area contributed by atoms with E-state index in [9.17, 15) is 4.79 Å². The van der Waals surface area contributed by atoms with E-state index in [2.05, 4.69) is 33.9 Å². The highest BCUT2D eigenvalue weighted by Crippen LogP contribution is 2.39. The number of carbonyl (C=O) groups is 1. The van der Waals surface area contributed by atoms with Crippen LogP contribution in [0, 0.1) is 0 Å². The quantitative estimate of drug-likeness (QED) is 0.676. The van der Waals surface area contributed by atoms with Crippen LogP contribution in [-0.4, -0.2) is 19.7 Å². The summed E-state index contributed by atoms with van der Waals surface area (Å²) >= 11 is 0. The summed E-state index contributed by atoms with van der Waals surface area (Å²) in [5.41, 5.74) is -0.636. The molecule has 0 N–H and O–H groups in total. The van der Waals surface area contributed by atoms with Crippen molar-refractivity contribution in [2.75, 3.05) is 0 Å². The van der Waals surface area contributed by atoms with Crippen LogP contribution in [0.5, 0.6) is 0 Å². The molecular formula is C11H24O2Si. The van der Waals surface area contributed by atoms with Gasteiger partial charge in [-0.3, -0.25) is 4.79 Å². The van der Waals surface area contributed by atoms with Crippen molar-refractivity contribution in [3.8, 4) is 0 Å². The second-order valence-corrected chi connectivity index (χ2v) is 10.7. The van der Waals surface area contributed by atoms with E-state index in [1.54, 1.807) is 6.92 Å². The molecule has 0 atom stereocenters. The van der Waals surface area contributed by atoms with Crippen LogP contribution in [-0.2, 0) is 9.22 Å². The first kappa shape index (κ1) is 13.8. The molecule has 0 spiro atoms. The van der Waals surface area contributed by atoms with Crippen molar-refractivity contribution in [1.29, 1.82) is 0 Å². The van der Waals surface area contributed by atoms with Crippen LogP contribution >= 0.6 is 0 Å². The Kier molecular flexibility index (Phi) is 3.74. The fourth-order valence-electron chi connectivity index (χ4n) is 0.863. The summed E-state index contributed by atoms with van der Waals surface area (Å²) in [7, 11) is -1.82. The van der Waals surface area contributed by atoms with Crippen molar-refractivity contribution in [3.05, 3.63) is 0 Å². The molecule has 0 aliphatic rings. The van der Waals surface area contributed by atoms with Crippen LogP contribution in [0.3, 0.4) is 0 Å². The van der Waals surface area contributed by atoms with E-state index < -0.39 is 13.9 Å². The molecular weight excluding hydrogens is 192 g/mol. The second-order valence-electron chi connectivity index (χ2n) is 5.93. The number of rotatable bonds is 3. The van der Waals surface area contributed by atoms with Crippen LogP contribution < -0.4 is 0 Å². The highest BCUT2D eigenvalue weighted by molar-refractivity contribution is 6.74. The Hall–Kier alpha value is -0.153. The Morgan fingerprint density at radius 3 is 1.64 bits per heavy atom. The average molecular weight is 216 g/mol. The predicted molar refractivity (Wildman–Crippen MR) is 63.0 cm³/mol. The van der Waals surface area contributed by atoms with Crippen molar-refractivity contribution >= 4 is 14.1 Å². The Morgan fingerprint density at radius 1 is 1.07 bits per heavy atom. The lowest BCUT2D eigenvalue weighted by atomic mass is 10.1. The van der Waals surface area contributed by atoms with E-state index >= 15 is 0 Å². The number of ketones is 1. The van der Waals surface area contributed by atoms with Crippen LogP contribution in [0.2, 0.25) is 18.1 Å². The van der Waals surface area contributed by atoms with Crippen molar-refractivity contribution in [3.63, 3.8) is 0 Å². The first-order chi connectivity index (χ1) is 5.90. The third-order valence-electron chi connectivity index (χ3n) is 3.16. The van der Waals surface area contributed by atoms with Gasteiger partial charge >= 0.3 is 0 Å². The van der Waals surface area contributed by atoms with Gasteiger partial charge in [0.15, 0.2) is 14.1 Å². The van der Waals surface area contributed by atoms with Crippen molar-refractivity contribution < 1.29 is 9.22 Å². The van der Waals surface area contributed by atoms with Crippen LogP contribution in [0.4, 0.5) is 0 Å². The minimum atomic E-state index is -1.82. The van der Waals surface area contributed by atoms with E-state index in [0.717, 1.165) is 0 Å². The van der Waals surface area contributed by atoms with Crippen molar-refractivity contribution in [2.45, 2.75) is 65.3 Å². The topological polar surface area (TPSA) is 26.3 Å². The minimum Gasteiger partial charge on any atom is -0.405 e. The summed E-state index contributed by atoms with van der Waals surface area (Å²) in [4.78, 5) is 11.4. The number of hydrogen-bond acceptors (Lipinski definition) is 2. The van der Waals surface area contributed by atoms with Gasteiger partial charge in [-0.15, -0.1) is 0 Å². The maximum absolute atomic E-state index is 11.4. The Morgan fingerprint density at radius 2 is 1.43 bits per heavy atom. The molecule has 0 heterocycles. The molecule has 0 unspecified atom stereocenters. The van der Waals surface area contributed by atoms with Gasteiger partial charge in [0.25, 0.3) is 0 Å². The fraction of sp³-hybridized carbons (Fsp3) is 0.909. The lowest BCUT2D eigenvalue weighted by Gasteiger charge is -2.41. The molecule has 0 amide bonds. The van der Waals surface area contributed by atoms with Gasteiger partial charge in [0.05, 0.1) is 0 Å². The lowest BCUT2D eigenvalue weighted by molar-refractivity contribution is -0.130. The van der Waals surface area contributed by atoms with E-state index in [1.165, 1.54) is 0 Å². The van der Waals surface area contributed by atoms with Gasteiger partial charge in [0.1, 0.15) is 5.60 Å². The lowest BCUT2D eigenvalue weighted by Crippen LogP contribution is -2.50. The highest BCUT2D eigenvalue weighted by Gasteiger charge is 2.42. The summed E-state index contributed by atoms with van der Waals surface area (Å²) in [5.74, 6) is 0.0994. The summed E-state index contributed by atoms with van der Waals surface area (Å²) in [5, 5.41) is 0.152. The molecule has 2 nitrogen and oxygen atoms in total. The van der Waals surface area contributed by atoms with Crippen LogP contribution in [0.1, 0.15) is 41.5 Å². The van der Waals surface area contributed by atoms with E-state index in [0.29, 0.717) is 0 Å². The van der Waals surface area contributed by atoms with Gasteiger partial charge in [0.2, 0.25) is 0 Å². The largest absolute Gasteiger partial charge is 0.405 e. The maximum atomic E-state index is 11.4. The maximum Gasteiger partial charge on any atom is 0.193 e. The monoisotopic (exact) mass is 216 g/mol. The molecule has 0 aromatic carbocycles. The second kappa shape index (κ2) is 3.78. The van der Waals surface area contributed by atoms with Gasteiger partial charge in [-0.2, -0.15) is 0 Å². The van der Waals surface area contributed by atoms with Gasteiger partial charge < -0.3 is 4.43 Å². The molecule has 14 heavy (non-hydrogen) atoms. The van der Waals surface area contributed by atoms with Gasteiger partial charge in [-0.1, -0.05) is 20.8 Å². The van der Waals surface area contributed by atoms with Crippen LogP contribution in [0.15, 0.2) is 0 Å². The van der Waals surface area contributed by atoms with E-state index in [4.69, 9.17) is 4.43 Å². The molecule has 0 aromatic rings. The van der Waals surface area contributed by atoms with Gasteiger partial charge in [0, 0.05) is 0 Å². The zero-order valence-corrected chi connectivity index (χ0v) is 11.8. The first-order valence-electron chi connectivity index (χ1n) is 5.11. The molecule has 0 radical (unpaired) electrons. The number of carbonyl (C=O) groups excluding carboxylic acids is 1. The Bertz CT molecular complexity index is 224. The summed E-state index contributed by atoms with van der Waals surface area (Å²) in [6, 6.07) is 0. The normalized spacial score (nSPS) is 14.3. The zero-order chi connectivity index (χ0) is 11.8. The molecule has 0 aromatic heterocycles. The van der Waals surface area contributed by atoms with Crippen molar-refractivity contribution in [1.82, 2.24) is 0 Å². The predicted octanol–water partition coefficient (Wildman–Crippen LogP) is 3.38. The van der Waals surface area contributed by atoms with Crippen molar-refractivity contribution in [2.24, 2.45) is 0 Å². The molecule has 0 bridgehead atoms. The standard InChI is InChI=1S/C11H24O2Si/c1-9(12)11(5,6)13-14(7,8)10(2,3)4/h1-8H3. The number of hydrogen-bond donors (Lipinski definition) is 0. The zero-order valence-electron chi connectivity index (χ0n) is 10.8. The first-order valence-corrected chi connectivity index (χ1v) is 8.02. The molecule has 0 aliphatic carbocycles. The summed E-state index contributed by atoms with van der Waals surface area (Å²) in [6.45, 7) is 16.2. The Balaban J connectivity index is 4.76. The smallest absolute Gasteiger partial charge is 0.193 e. The molecule has 0 rings (SSSR count). The Labute approximate surface area is 89.2 Å². The van der Waals surface area contributed by atoms with E-state index in [1.807, 2.05) is 13.8 Å². The highest BCUT2D eigenvalue weighted by atomic mass is 28.4. The average Bonchev–Trinajstić information content (AvgIpc) is 1.80. The van der Waals surface area contributed by atoms with Crippen LogP contribution in [0.25, 0.3) is 0 Å². The fourth-order valence-corrected chi connectivity index (χ4v) is 2.59. The van der Waals surface area contributed by atoms with E-state index in [-0.39, 0.29) is 10.8 Å². The molecule has 0 saturated heterocycles. The SMILES string of the molecule is CC(=O)C(C)(C)O[Si](C)(C)C(C)(C)C. The molecule has 0 fully saturated rings. The molecule has 0 saturated carbocycles. The minimum absolute atomic E-state index is 0.0994. The van der Waals surface area contributed by atoms with Gasteiger partial charge in [-0.05, 0) is 38.9 Å². The third-order valence-corrected chi connectivity index (χ3v) is 7.80. The van der Waals surface area contributed by atoms with Gasteiger partial charge in [-0.25, -0.2) is 0 Å². The summed E-state index contributed by atoms with van der Waals surface area (Å²) in [6.07, 6.45) is 0. The molecule has 3 heteroatoms.